The van der Waals surface area contributed by atoms with Crippen LogP contribution in [0.25, 0.3) is 0 Å². The van der Waals surface area contributed by atoms with Gasteiger partial charge in [-0.3, -0.25) is 4.79 Å². The van der Waals surface area contributed by atoms with E-state index in [1.165, 1.54) is 13.3 Å². The number of nitrogens with zero attached hydrogens (tertiary/aromatic N) is 2. The van der Waals surface area contributed by atoms with Gasteiger partial charge >= 0.3 is 5.97 Å². The Kier molecular flexibility index (Phi) is 2.32. The highest BCUT2D eigenvalue weighted by molar-refractivity contribution is 5.71. The fourth-order valence-corrected chi connectivity index (χ4v) is 0.828. The van der Waals surface area contributed by atoms with Crippen molar-refractivity contribution in [2.45, 2.75) is 6.42 Å². The number of aromatic nitrogens is 2. The van der Waals surface area contributed by atoms with Gasteiger partial charge in [0.15, 0.2) is 0 Å². The Morgan fingerprint density at radius 3 is 2.92 bits per heavy atom. The van der Waals surface area contributed by atoms with E-state index in [4.69, 9.17) is 5.73 Å². The van der Waals surface area contributed by atoms with Gasteiger partial charge in [-0.05, 0) is 0 Å². The van der Waals surface area contributed by atoms with Gasteiger partial charge in [0.25, 0.3) is 0 Å². The molecule has 0 aliphatic heterocycles. The molecule has 1 rings (SSSR count). The molecule has 12 heavy (non-hydrogen) atoms. The van der Waals surface area contributed by atoms with Crippen molar-refractivity contribution in [2.24, 2.45) is 7.05 Å². The lowest BCUT2D eigenvalue weighted by atomic mass is 10.4. The zero-order valence-electron chi connectivity index (χ0n) is 7.07. The Morgan fingerprint density at radius 2 is 2.50 bits per heavy atom. The largest absolute Gasteiger partial charge is 0.469 e. The summed E-state index contributed by atoms with van der Waals surface area (Å²) in [6, 6.07) is 0. The standard InChI is InChI=1S/C7H11N3O2/c1-10-5(8)4-9-6(10)3-7(11)12-2/h4H,3,8H2,1-2H3. The number of imidazole rings is 1. The zero-order valence-corrected chi connectivity index (χ0v) is 7.07. The minimum Gasteiger partial charge on any atom is -0.469 e. The van der Waals surface area contributed by atoms with Crippen LogP contribution in [0.5, 0.6) is 0 Å². The first kappa shape index (κ1) is 8.58. The molecule has 1 aromatic rings. The second kappa shape index (κ2) is 3.25. The van der Waals surface area contributed by atoms with Crippen LogP contribution in [0.4, 0.5) is 5.82 Å². The molecule has 5 heteroatoms. The molecule has 0 fully saturated rings. The number of hydrogen-bond donors (Lipinski definition) is 1. The van der Waals surface area contributed by atoms with Crippen LogP contribution >= 0.6 is 0 Å². The summed E-state index contributed by atoms with van der Waals surface area (Å²) in [7, 11) is 3.09. The molecule has 5 nitrogen and oxygen atoms in total. The minimum absolute atomic E-state index is 0.157. The van der Waals surface area contributed by atoms with Crippen molar-refractivity contribution in [3.63, 3.8) is 0 Å². The first-order valence-electron chi connectivity index (χ1n) is 3.48. The molecule has 1 aromatic heterocycles. The number of methoxy groups -OCH3 is 1. The number of ether oxygens (including phenoxy) is 1. The van der Waals surface area contributed by atoms with Gasteiger partial charge in [0, 0.05) is 7.05 Å². The molecule has 0 aliphatic carbocycles. The van der Waals surface area contributed by atoms with Crippen LogP contribution in [-0.2, 0) is 23.0 Å². The van der Waals surface area contributed by atoms with Crippen LogP contribution < -0.4 is 5.73 Å². The molecule has 0 unspecified atom stereocenters. The normalized spacial score (nSPS) is 9.83. The van der Waals surface area contributed by atoms with Gasteiger partial charge in [-0.25, -0.2) is 4.98 Å². The molecule has 66 valence electrons. The van der Waals surface area contributed by atoms with Crippen molar-refractivity contribution < 1.29 is 9.53 Å². The van der Waals surface area contributed by atoms with Gasteiger partial charge < -0.3 is 15.0 Å². The van der Waals surface area contributed by atoms with Crippen LogP contribution in [0, 0.1) is 0 Å². The van der Waals surface area contributed by atoms with E-state index >= 15 is 0 Å². The van der Waals surface area contributed by atoms with Gasteiger partial charge in [-0.2, -0.15) is 0 Å². The number of carbonyl (C=O) groups excluding carboxylic acids is 1. The second-order valence-electron chi connectivity index (χ2n) is 2.41. The number of carbonyl (C=O) groups is 1. The molecule has 0 radical (unpaired) electrons. The summed E-state index contributed by atoms with van der Waals surface area (Å²) in [5.74, 6) is 0.831. The van der Waals surface area contributed by atoms with Gasteiger partial charge in [-0.1, -0.05) is 0 Å². The fourth-order valence-electron chi connectivity index (χ4n) is 0.828. The number of nitrogen functional groups attached to an aromatic ring is 1. The van der Waals surface area contributed by atoms with Gasteiger partial charge in [0.1, 0.15) is 18.1 Å². The van der Waals surface area contributed by atoms with E-state index in [9.17, 15) is 4.79 Å². The lowest BCUT2D eigenvalue weighted by molar-refractivity contribution is -0.139. The summed E-state index contributed by atoms with van der Waals surface area (Å²) in [4.78, 5) is 14.8. The summed E-state index contributed by atoms with van der Waals surface area (Å²) >= 11 is 0. The molecule has 0 spiro atoms. The molecule has 0 aromatic carbocycles. The van der Waals surface area contributed by atoms with E-state index in [2.05, 4.69) is 9.72 Å². The predicted octanol–water partition coefficient (Wildman–Crippen LogP) is -0.282. The maximum Gasteiger partial charge on any atom is 0.313 e. The number of hydrogen-bond acceptors (Lipinski definition) is 4. The van der Waals surface area contributed by atoms with E-state index in [1.54, 1.807) is 11.6 Å². The Labute approximate surface area is 70.1 Å². The Hall–Kier alpha value is -1.52. The lowest BCUT2D eigenvalue weighted by Gasteiger charge is -2.00. The Balaban J connectivity index is 2.76. The van der Waals surface area contributed by atoms with Crippen molar-refractivity contribution in [3.8, 4) is 0 Å². The maximum atomic E-state index is 10.8. The van der Waals surface area contributed by atoms with Gasteiger partial charge in [-0.15, -0.1) is 0 Å². The second-order valence-corrected chi connectivity index (χ2v) is 2.41. The summed E-state index contributed by atoms with van der Waals surface area (Å²) in [6.45, 7) is 0. The minimum atomic E-state index is -0.316. The van der Waals surface area contributed by atoms with Crippen LogP contribution in [0.2, 0.25) is 0 Å². The summed E-state index contributed by atoms with van der Waals surface area (Å²) in [5.41, 5.74) is 5.51. The van der Waals surface area contributed by atoms with Crippen molar-refractivity contribution >= 4 is 11.8 Å². The molecule has 0 amide bonds. The summed E-state index contributed by atoms with van der Waals surface area (Å²) in [5, 5.41) is 0. The molecule has 0 saturated heterocycles. The fraction of sp³-hybridized carbons (Fsp3) is 0.429. The molecule has 0 aliphatic rings. The monoisotopic (exact) mass is 169 g/mol. The van der Waals surface area contributed by atoms with Crippen molar-refractivity contribution in [1.82, 2.24) is 9.55 Å². The van der Waals surface area contributed by atoms with Crippen molar-refractivity contribution in [1.29, 1.82) is 0 Å². The average molecular weight is 169 g/mol. The lowest BCUT2D eigenvalue weighted by Crippen LogP contribution is -2.10. The maximum absolute atomic E-state index is 10.8. The molecule has 1 heterocycles. The highest BCUT2D eigenvalue weighted by Crippen LogP contribution is 2.04. The molecule has 0 atom stereocenters. The molecule has 0 saturated carbocycles. The Morgan fingerprint density at radius 1 is 1.83 bits per heavy atom. The van der Waals surface area contributed by atoms with E-state index < -0.39 is 0 Å². The van der Waals surface area contributed by atoms with Crippen LogP contribution in [0.1, 0.15) is 5.82 Å². The van der Waals surface area contributed by atoms with Gasteiger partial charge in [0.05, 0.1) is 13.3 Å². The summed E-state index contributed by atoms with van der Waals surface area (Å²) < 4.78 is 6.14. The van der Waals surface area contributed by atoms with Crippen LogP contribution in [-0.4, -0.2) is 22.6 Å². The SMILES string of the molecule is COC(=O)Cc1ncc(N)n1C. The quantitative estimate of drug-likeness (QED) is 0.618. The van der Waals surface area contributed by atoms with Crippen molar-refractivity contribution in [2.75, 3.05) is 12.8 Å². The Bertz CT molecular complexity index is 293. The van der Waals surface area contributed by atoms with Crippen LogP contribution in [0.3, 0.4) is 0 Å². The predicted molar refractivity (Wildman–Crippen MR) is 43.3 cm³/mol. The number of rotatable bonds is 2. The number of nitrogens with two attached hydrogens (primary N) is 1. The third-order valence-corrected chi connectivity index (χ3v) is 1.65. The third-order valence-electron chi connectivity index (χ3n) is 1.65. The van der Waals surface area contributed by atoms with Crippen LogP contribution in [0.15, 0.2) is 6.20 Å². The summed E-state index contributed by atoms with van der Waals surface area (Å²) in [6.07, 6.45) is 1.67. The molecule has 0 bridgehead atoms. The first-order valence-corrected chi connectivity index (χ1v) is 3.48. The average Bonchev–Trinajstić information content (AvgIpc) is 2.36. The highest BCUT2D eigenvalue weighted by atomic mass is 16.5. The highest BCUT2D eigenvalue weighted by Gasteiger charge is 2.08. The third kappa shape index (κ3) is 1.55. The smallest absolute Gasteiger partial charge is 0.313 e. The van der Waals surface area contributed by atoms with E-state index in [1.807, 2.05) is 0 Å². The van der Waals surface area contributed by atoms with Crippen molar-refractivity contribution in [3.05, 3.63) is 12.0 Å². The topological polar surface area (TPSA) is 70.1 Å². The zero-order chi connectivity index (χ0) is 9.14. The molecular formula is C7H11N3O2. The number of esters is 1. The van der Waals surface area contributed by atoms with E-state index in [0.717, 1.165) is 0 Å². The molecule has 2 N–H and O–H groups in total. The van der Waals surface area contributed by atoms with E-state index in [0.29, 0.717) is 11.6 Å². The number of anilines is 1. The van der Waals surface area contributed by atoms with Gasteiger partial charge in [0.2, 0.25) is 0 Å². The van der Waals surface area contributed by atoms with E-state index in [-0.39, 0.29) is 12.4 Å². The molecular weight excluding hydrogens is 158 g/mol. The first-order chi connectivity index (χ1) is 5.65.